The fourth-order valence-corrected chi connectivity index (χ4v) is 3.36. The van der Waals surface area contributed by atoms with Crippen LogP contribution in [0.3, 0.4) is 0 Å². The maximum atomic E-state index is 11.4. The molecular weight excluding hydrogens is 377 g/mol. The molecule has 0 saturated heterocycles. The molecule has 2 aromatic rings. The van der Waals surface area contributed by atoms with Crippen LogP contribution in [0, 0.1) is 4.91 Å². The van der Waals surface area contributed by atoms with E-state index in [1.54, 1.807) is 24.3 Å². The molecule has 5 nitrogen and oxygen atoms in total. The molecule has 0 fully saturated rings. The maximum absolute atomic E-state index is 11.4. The predicted octanol–water partition coefficient (Wildman–Crippen LogP) is 4.89. The number of halogens is 3. The third-order valence-electron chi connectivity index (χ3n) is 3.80. The van der Waals surface area contributed by atoms with Gasteiger partial charge in [-0.1, -0.05) is 52.1 Å². The highest BCUT2D eigenvalue weighted by atomic mass is 35.5. The van der Waals surface area contributed by atoms with Crippen LogP contribution in [0.4, 0.5) is 0 Å². The minimum Gasteiger partial charge on any atom is -0.478 e. The van der Waals surface area contributed by atoms with Crippen molar-refractivity contribution in [3.05, 3.63) is 67.0 Å². The van der Waals surface area contributed by atoms with E-state index in [0.29, 0.717) is 21.7 Å². The molecule has 0 spiro atoms. The van der Waals surface area contributed by atoms with E-state index in [1.165, 1.54) is 6.07 Å². The summed E-state index contributed by atoms with van der Waals surface area (Å²) in [5.41, 5.74) is 1.46. The Hall–Kier alpha value is -1.82. The number of carboxylic acid groups (broad SMARTS) is 1. The first-order valence-electron chi connectivity index (χ1n) is 6.90. The Balaban J connectivity index is 2.08. The quantitative estimate of drug-likeness (QED) is 0.759. The van der Waals surface area contributed by atoms with Gasteiger partial charge in [-0.3, -0.25) is 0 Å². The Labute approximate surface area is 152 Å². The standard InChI is InChI=1S/C16H10Cl3NO4/c17-8-3-1-7(2-4-8)14(20-23)9-5-11(18)15-10(13(9)19)6-12(24-15)16(21)22/h1-5,12,14H,6H2,(H,21,22). The lowest BCUT2D eigenvalue weighted by molar-refractivity contribution is -0.144. The van der Waals surface area contributed by atoms with E-state index in [-0.39, 0.29) is 22.2 Å². The zero-order valence-corrected chi connectivity index (χ0v) is 14.3. The van der Waals surface area contributed by atoms with Crippen molar-refractivity contribution in [2.24, 2.45) is 5.18 Å². The summed E-state index contributed by atoms with van der Waals surface area (Å²) in [5.74, 6) is -0.874. The van der Waals surface area contributed by atoms with Gasteiger partial charge in [0.25, 0.3) is 0 Å². The first-order chi connectivity index (χ1) is 11.4. The summed E-state index contributed by atoms with van der Waals surface area (Å²) in [6.07, 6.45) is -0.980. The molecule has 2 atom stereocenters. The number of carbonyl (C=O) groups is 1. The number of hydrogen-bond acceptors (Lipinski definition) is 4. The lowest BCUT2D eigenvalue weighted by atomic mass is 9.96. The van der Waals surface area contributed by atoms with Crippen molar-refractivity contribution >= 4 is 40.8 Å². The molecule has 1 aliphatic heterocycles. The lowest BCUT2D eigenvalue weighted by Gasteiger charge is -2.15. The van der Waals surface area contributed by atoms with Crippen molar-refractivity contribution < 1.29 is 14.6 Å². The van der Waals surface area contributed by atoms with Gasteiger partial charge in [0.1, 0.15) is 11.8 Å². The molecule has 1 heterocycles. The fraction of sp³-hybridized carbons (Fsp3) is 0.188. The van der Waals surface area contributed by atoms with Gasteiger partial charge in [-0.05, 0) is 23.8 Å². The molecule has 124 valence electrons. The molecule has 0 bridgehead atoms. The normalized spacial score (nSPS) is 17.0. The number of carboxylic acids is 1. The van der Waals surface area contributed by atoms with Gasteiger partial charge >= 0.3 is 5.97 Å². The van der Waals surface area contributed by atoms with Crippen molar-refractivity contribution in [2.75, 3.05) is 0 Å². The molecule has 3 rings (SSSR count). The molecule has 8 heteroatoms. The second-order valence-corrected chi connectivity index (χ2v) is 6.50. The molecule has 2 unspecified atom stereocenters. The number of benzene rings is 2. The van der Waals surface area contributed by atoms with Crippen LogP contribution in [-0.4, -0.2) is 17.2 Å². The van der Waals surface area contributed by atoms with Gasteiger partial charge in [-0.25, -0.2) is 4.79 Å². The number of nitroso groups, excluding NO2 is 1. The number of fused-ring (bicyclic) bond motifs is 1. The lowest BCUT2D eigenvalue weighted by Crippen LogP contribution is -2.24. The molecule has 2 aromatic carbocycles. The fourth-order valence-electron chi connectivity index (χ4n) is 2.64. The molecule has 1 aliphatic rings. The topological polar surface area (TPSA) is 76.0 Å². The van der Waals surface area contributed by atoms with Crippen LogP contribution in [0.5, 0.6) is 5.75 Å². The van der Waals surface area contributed by atoms with Gasteiger partial charge < -0.3 is 9.84 Å². The zero-order chi connectivity index (χ0) is 17.4. The predicted molar refractivity (Wildman–Crippen MR) is 91.3 cm³/mol. The first-order valence-corrected chi connectivity index (χ1v) is 8.04. The highest BCUT2D eigenvalue weighted by molar-refractivity contribution is 6.35. The Bertz CT molecular complexity index is 823. The summed E-state index contributed by atoms with van der Waals surface area (Å²) < 4.78 is 5.33. The Kier molecular flexibility index (Phi) is 4.67. The average molecular weight is 387 g/mol. The van der Waals surface area contributed by atoms with Crippen LogP contribution in [0.15, 0.2) is 35.5 Å². The summed E-state index contributed by atoms with van der Waals surface area (Å²) in [5, 5.41) is 13.2. The minimum absolute atomic E-state index is 0.0727. The minimum atomic E-state index is -1.11. The van der Waals surface area contributed by atoms with E-state index in [1.807, 2.05) is 0 Å². The van der Waals surface area contributed by atoms with Crippen LogP contribution in [-0.2, 0) is 11.2 Å². The SMILES string of the molecule is O=NC(c1ccc(Cl)cc1)c1cc(Cl)c2c(c1Cl)CC(C(=O)O)O2. The zero-order valence-electron chi connectivity index (χ0n) is 12.0. The van der Waals surface area contributed by atoms with Gasteiger partial charge in [0, 0.05) is 22.6 Å². The Morgan fingerprint density at radius 1 is 1.25 bits per heavy atom. The Morgan fingerprint density at radius 3 is 2.50 bits per heavy atom. The van der Waals surface area contributed by atoms with E-state index < -0.39 is 18.1 Å². The molecular formula is C16H10Cl3NO4. The van der Waals surface area contributed by atoms with Crippen molar-refractivity contribution in [1.29, 1.82) is 0 Å². The van der Waals surface area contributed by atoms with Gasteiger partial charge in [0.15, 0.2) is 6.10 Å². The maximum Gasteiger partial charge on any atom is 0.345 e. The largest absolute Gasteiger partial charge is 0.478 e. The van der Waals surface area contributed by atoms with Crippen molar-refractivity contribution in [1.82, 2.24) is 0 Å². The van der Waals surface area contributed by atoms with Gasteiger partial charge in [-0.15, -0.1) is 4.91 Å². The summed E-state index contributed by atoms with van der Waals surface area (Å²) in [4.78, 5) is 22.5. The third-order valence-corrected chi connectivity index (χ3v) is 4.78. The molecule has 24 heavy (non-hydrogen) atoms. The third kappa shape index (κ3) is 2.95. The highest BCUT2D eigenvalue weighted by Gasteiger charge is 2.35. The van der Waals surface area contributed by atoms with Crippen molar-refractivity contribution in [3.8, 4) is 5.75 Å². The van der Waals surface area contributed by atoms with E-state index >= 15 is 0 Å². The molecule has 0 aromatic heterocycles. The summed E-state index contributed by atoms with van der Waals surface area (Å²) in [6.45, 7) is 0. The van der Waals surface area contributed by atoms with Crippen LogP contribution < -0.4 is 4.74 Å². The number of nitrogens with zero attached hydrogens (tertiary/aromatic N) is 1. The second kappa shape index (κ2) is 6.59. The van der Waals surface area contributed by atoms with E-state index in [0.717, 1.165) is 0 Å². The number of aliphatic carboxylic acids is 1. The van der Waals surface area contributed by atoms with E-state index in [2.05, 4.69) is 5.18 Å². The number of rotatable bonds is 4. The number of hydrogen-bond donors (Lipinski definition) is 1. The number of ether oxygens (including phenoxy) is 1. The van der Waals surface area contributed by atoms with Gasteiger partial charge in [0.2, 0.25) is 0 Å². The molecule has 0 aliphatic carbocycles. The first kappa shape index (κ1) is 17.0. The summed E-state index contributed by atoms with van der Waals surface area (Å²) in [7, 11) is 0. The molecule has 0 radical (unpaired) electrons. The van der Waals surface area contributed by atoms with Crippen LogP contribution in [0.1, 0.15) is 22.7 Å². The molecule has 0 amide bonds. The van der Waals surface area contributed by atoms with Crippen LogP contribution in [0.2, 0.25) is 15.1 Å². The van der Waals surface area contributed by atoms with E-state index in [4.69, 9.17) is 44.6 Å². The average Bonchev–Trinajstić information content (AvgIpc) is 3.01. The monoisotopic (exact) mass is 385 g/mol. The highest BCUT2D eigenvalue weighted by Crippen LogP contribution is 2.45. The summed E-state index contributed by atoms with van der Waals surface area (Å²) in [6, 6.07) is 7.21. The molecule has 1 N–H and O–H groups in total. The van der Waals surface area contributed by atoms with E-state index in [9.17, 15) is 9.70 Å². The van der Waals surface area contributed by atoms with Crippen molar-refractivity contribution in [2.45, 2.75) is 18.6 Å². The van der Waals surface area contributed by atoms with Crippen LogP contribution in [0.25, 0.3) is 0 Å². The van der Waals surface area contributed by atoms with Gasteiger partial charge in [-0.2, -0.15) is 0 Å². The Morgan fingerprint density at radius 2 is 1.92 bits per heavy atom. The second-order valence-electron chi connectivity index (χ2n) is 5.28. The van der Waals surface area contributed by atoms with Gasteiger partial charge in [0.05, 0.1) is 10.0 Å². The smallest absolute Gasteiger partial charge is 0.345 e. The van der Waals surface area contributed by atoms with Crippen LogP contribution >= 0.6 is 34.8 Å². The van der Waals surface area contributed by atoms with Crippen molar-refractivity contribution in [3.63, 3.8) is 0 Å². The molecule has 0 saturated carbocycles. The summed E-state index contributed by atoms with van der Waals surface area (Å²) >= 11 is 18.4.